The van der Waals surface area contributed by atoms with Gasteiger partial charge in [-0.3, -0.25) is 4.98 Å². The first-order chi connectivity index (χ1) is 7.77. The van der Waals surface area contributed by atoms with Crippen molar-refractivity contribution < 1.29 is 9.47 Å². The van der Waals surface area contributed by atoms with Crippen LogP contribution in [0.3, 0.4) is 0 Å². The van der Waals surface area contributed by atoms with Crippen LogP contribution in [0.15, 0.2) is 30.5 Å². The number of fused-ring (bicyclic) bond motifs is 1. The van der Waals surface area contributed by atoms with Gasteiger partial charge in [0.2, 0.25) is 0 Å². The van der Waals surface area contributed by atoms with Gasteiger partial charge in [-0.2, -0.15) is 0 Å². The van der Waals surface area contributed by atoms with Gasteiger partial charge < -0.3 is 9.47 Å². The first-order valence-corrected chi connectivity index (χ1v) is 5.17. The van der Waals surface area contributed by atoms with E-state index in [2.05, 4.69) is 17.1 Å². The first-order valence-electron chi connectivity index (χ1n) is 5.17. The second kappa shape index (κ2) is 4.60. The predicted octanol–water partition coefficient (Wildman–Crippen LogP) is 2.83. The molecule has 1 aromatic carbocycles. The molecule has 0 amide bonds. The van der Waals surface area contributed by atoms with Crippen molar-refractivity contribution >= 4 is 10.8 Å². The maximum absolute atomic E-state index is 5.27. The summed E-state index contributed by atoms with van der Waals surface area (Å²) >= 11 is 0. The van der Waals surface area contributed by atoms with Gasteiger partial charge in [-0.05, 0) is 12.3 Å². The maximum Gasteiger partial charge on any atom is 0.185 e. The van der Waals surface area contributed by atoms with Crippen molar-refractivity contribution in [2.24, 2.45) is 0 Å². The molecule has 0 bridgehead atoms. The van der Waals surface area contributed by atoms with Gasteiger partial charge in [-0.15, -0.1) is 0 Å². The van der Waals surface area contributed by atoms with Crippen molar-refractivity contribution in [2.45, 2.75) is 13.2 Å². The Balaban J connectivity index is 2.66. The summed E-state index contributed by atoms with van der Waals surface area (Å²) in [4.78, 5) is 4.36. The molecule has 0 N–H and O–H groups in total. The van der Waals surface area contributed by atoms with Crippen LogP contribution in [0.2, 0.25) is 0 Å². The van der Waals surface area contributed by atoms with Gasteiger partial charge in [0.05, 0.1) is 0 Å². The average Bonchev–Trinajstić information content (AvgIpc) is 2.34. The average molecular weight is 217 g/mol. The number of methoxy groups -OCH3 is 2. The van der Waals surface area contributed by atoms with Crippen LogP contribution in [-0.2, 0) is 9.47 Å². The van der Waals surface area contributed by atoms with E-state index in [1.807, 2.05) is 25.3 Å². The van der Waals surface area contributed by atoms with Gasteiger partial charge in [0.1, 0.15) is 0 Å². The third-order valence-electron chi connectivity index (χ3n) is 2.71. The number of rotatable bonds is 3. The van der Waals surface area contributed by atoms with Crippen LogP contribution in [0.25, 0.3) is 10.8 Å². The number of ether oxygens (including phenoxy) is 2. The molecule has 3 heteroatoms. The summed E-state index contributed by atoms with van der Waals surface area (Å²) in [5, 5.41) is 2.27. The zero-order valence-electron chi connectivity index (χ0n) is 9.73. The van der Waals surface area contributed by atoms with E-state index in [0.29, 0.717) is 0 Å². The summed E-state index contributed by atoms with van der Waals surface area (Å²) in [6.45, 7) is 2.00. The molecule has 0 unspecified atom stereocenters. The van der Waals surface area contributed by atoms with Crippen molar-refractivity contribution in [2.75, 3.05) is 14.2 Å². The van der Waals surface area contributed by atoms with Crippen molar-refractivity contribution in [3.05, 3.63) is 41.7 Å². The number of pyridine rings is 1. The van der Waals surface area contributed by atoms with Crippen molar-refractivity contribution in [1.29, 1.82) is 0 Å². The molecule has 0 radical (unpaired) electrons. The van der Waals surface area contributed by atoms with E-state index in [1.165, 1.54) is 0 Å². The van der Waals surface area contributed by atoms with E-state index >= 15 is 0 Å². The largest absolute Gasteiger partial charge is 0.352 e. The molecular weight excluding hydrogens is 202 g/mol. The van der Waals surface area contributed by atoms with E-state index in [0.717, 1.165) is 22.0 Å². The van der Waals surface area contributed by atoms with Crippen LogP contribution in [0.1, 0.15) is 17.5 Å². The lowest BCUT2D eigenvalue weighted by molar-refractivity contribution is -0.105. The Morgan fingerprint density at radius 3 is 2.31 bits per heavy atom. The SMILES string of the molecule is COC(OC)c1cnc(C)c2ccccc12. The van der Waals surface area contributed by atoms with E-state index in [-0.39, 0.29) is 6.29 Å². The molecule has 1 aromatic heterocycles. The minimum Gasteiger partial charge on any atom is -0.352 e. The van der Waals surface area contributed by atoms with Gasteiger partial charge >= 0.3 is 0 Å². The topological polar surface area (TPSA) is 31.4 Å². The Morgan fingerprint density at radius 2 is 1.69 bits per heavy atom. The van der Waals surface area contributed by atoms with E-state index in [1.54, 1.807) is 14.2 Å². The molecule has 0 saturated heterocycles. The lowest BCUT2D eigenvalue weighted by Gasteiger charge is -2.16. The van der Waals surface area contributed by atoms with Crippen molar-refractivity contribution in [3.8, 4) is 0 Å². The maximum atomic E-state index is 5.27. The van der Waals surface area contributed by atoms with Crippen LogP contribution in [0.5, 0.6) is 0 Å². The zero-order chi connectivity index (χ0) is 11.5. The molecule has 16 heavy (non-hydrogen) atoms. The fraction of sp³-hybridized carbons (Fsp3) is 0.308. The minimum atomic E-state index is -0.363. The van der Waals surface area contributed by atoms with Gasteiger partial charge in [-0.25, -0.2) is 0 Å². The summed E-state index contributed by atoms with van der Waals surface area (Å²) in [7, 11) is 3.26. The quantitative estimate of drug-likeness (QED) is 0.741. The molecule has 2 rings (SSSR count). The molecule has 2 aromatic rings. The number of benzene rings is 1. The Hall–Kier alpha value is -1.45. The number of aromatic nitrogens is 1. The third-order valence-corrected chi connectivity index (χ3v) is 2.71. The highest BCUT2D eigenvalue weighted by Crippen LogP contribution is 2.27. The molecule has 0 fully saturated rings. The number of hydrogen-bond donors (Lipinski definition) is 0. The van der Waals surface area contributed by atoms with E-state index in [9.17, 15) is 0 Å². The van der Waals surface area contributed by atoms with E-state index < -0.39 is 0 Å². The van der Waals surface area contributed by atoms with Crippen LogP contribution in [-0.4, -0.2) is 19.2 Å². The molecule has 0 saturated carbocycles. The van der Waals surface area contributed by atoms with Crippen LogP contribution < -0.4 is 0 Å². The zero-order valence-corrected chi connectivity index (χ0v) is 9.73. The second-order valence-corrected chi connectivity index (χ2v) is 3.65. The molecular formula is C13H15NO2. The molecule has 0 aliphatic rings. The van der Waals surface area contributed by atoms with Crippen LogP contribution >= 0.6 is 0 Å². The van der Waals surface area contributed by atoms with Crippen molar-refractivity contribution in [3.63, 3.8) is 0 Å². The van der Waals surface area contributed by atoms with Gasteiger partial charge in [0.15, 0.2) is 6.29 Å². The highest BCUT2D eigenvalue weighted by atomic mass is 16.7. The summed E-state index contributed by atoms with van der Waals surface area (Å²) < 4.78 is 10.5. The fourth-order valence-electron chi connectivity index (χ4n) is 1.89. The minimum absolute atomic E-state index is 0.363. The lowest BCUT2D eigenvalue weighted by atomic mass is 10.1. The third kappa shape index (κ3) is 1.79. The number of aryl methyl sites for hydroxylation is 1. The lowest BCUT2D eigenvalue weighted by Crippen LogP contribution is -2.05. The Bertz CT molecular complexity index is 492. The van der Waals surface area contributed by atoms with Gasteiger partial charge in [0, 0.05) is 37.1 Å². The highest BCUT2D eigenvalue weighted by Gasteiger charge is 2.13. The highest BCUT2D eigenvalue weighted by molar-refractivity contribution is 5.87. The predicted molar refractivity (Wildman–Crippen MR) is 63.2 cm³/mol. The summed E-state index contributed by atoms with van der Waals surface area (Å²) in [6, 6.07) is 8.14. The number of hydrogen-bond acceptors (Lipinski definition) is 3. The normalized spacial score (nSPS) is 11.2. The van der Waals surface area contributed by atoms with Crippen LogP contribution in [0, 0.1) is 6.92 Å². The summed E-state index contributed by atoms with van der Waals surface area (Å²) in [5.74, 6) is 0. The molecule has 0 atom stereocenters. The van der Waals surface area contributed by atoms with Gasteiger partial charge in [0.25, 0.3) is 0 Å². The molecule has 1 heterocycles. The monoisotopic (exact) mass is 217 g/mol. The van der Waals surface area contributed by atoms with Crippen molar-refractivity contribution in [1.82, 2.24) is 4.98 Å². The van der Waals surface area contributed by atoms with Gasteiger partial charge in [-0.1, -0.05) is 24.3 Å². The summed E-state index contributed by atoms with van der Waals surface area (Å²) in [6.07, 6.45) is 1.45. The van der Waals surface area contributed by atoms with Crippen LogP contribution in [0.4, 0.5) is 0 Å². The Morgan fingerprint density at radius 1 is 1.06 bits per heavy atom. The molecule has 0 spiro atoms. The Kier molecular flexibility index (Phi) is 3.17. The Labute approximate surface area is 95.0 Å². The standard InChI is InChI=1S/C13H15NO2/c1-9-10-6-4-5-7-11(10)12(8-14-9)13(15-2)16-3/h4-8,13H,1-3H3. The second-order valence-electron chi connectivity index (χ2n) is 3.65. The first kappa shape index (κ1) is 11.0. The van der Waals surface area contributed by atoms with E-state index in [4.69, 9.17) is 9.47 Å². The molecule has 0 aliphatic heterocycles. The molecule has 0 aliphatic carbocycles. The summed E-state index contributed by atoms with van der Waals surface area (Å²) in [5.41, 5.74) is 1.98. The fourth-order valence-corrected chi connectivity index (χ4v) is 1.89. The molecule has 3 nitrogen and oxygen atoms in total. The molecule has 84 valence electrons. The smallest absolute Gasteiger partial charge is 0.185 e. The number of nitrogens with zero attached hydrogens (tertiary/aromatic N) is 1.